The van der Waals surface area contributed by atoms with Gasteiger partial charge in [0.15, 0.2) is 5.82 Å². The van der Waals surface area contributed by atoms with Gasteiger partial charge in [-0.1, -0.05) is 6.07 Å². The van der Waals surface area contributed by atoms with Gasteiger partial charge in [0.1, 0.15) is 11.9 Å². The Balaban J connectivity index is 1.55. The van der Waals surface area contributed by atoms with Gasteiger partial charge in [0, 0.05) is 25.1 Å². The zero-order chi connectivity index (χ0) is 16.8. The normalized spacial score (nSPS) is 22.5. The van der Waals surface area contributed by atoms with Crippen molar-refractivity contribution in [3.8, 4) is 5.75 Å². The summed E-state index contributed by atoms with van der Waals surface area (Å²) in [5.74, 6) is 1.98. The fraction of sp³-hybridized carbons (Fsp3) is 0.350. The van der Waals surface area contributed by atoms with Gasteiger partial charge >= 0.3 is 0 Å². The van der Waals surface area contributed by atoms with Crippen molar-refractivity contribution in [2.75, 3.05) is 25.2 Å². The molecule has 1 aliphatic carbocycles. The van der Waals surface area contributed by atoms with Crippen molar-refractivity contribution in [2.24, 2.45) is 0 Å². The van der Waals surface area contributed by atoms with E-state index < -0.39 is 0 Å². The standard InChI is InChI=1S/C20H21N3O2/c1-24-15-5-6-16-14(13-15)4-7-17-19(16)25-12-11-23(17)20-18-3-2-9-22(18)10-8-21-20/h2-3,5-6,8-10,13,17,19H,4,7,11-12H2,1H3. The van der Waals surface area contributed by atoms with E-state index in [0.29, 0.717) is 6.04 Å². The summed E-state index contributed by atoms with van der Waals surface area (Å²) >= 11 is 0. The molecule has 2 atom stereocenters. The molecule has 0 spiro atoms. The average Bonchev–Trinajstić information content (AvgIpc) is 3.15. The number of ether oxygens (including phenoxy) is 2. The predicted molar refractivity (Wildman–Crippen MR) is 96.3 cm³/mol. The third-order valence-electron chi connectivity index (χ3n) is 5.45. The van der Waals surface area contributed by atoms with Crippen LogP contribution in [-0.4, -0.2) is 35.7 Å². The molecule has 1 aliphatic heterocycles. The lowest BCUT2D eigenvalue weighted by Gasteiger charge is -2.45. The Kier molecular flexibility index (Phi) is 3.41. The molecular weight excluding hydrogens is 314 g/mol. The molecule has 0 bridgehead atoms. The molecule has 0 radical (unpaired) electrons. The molecule has 5 rings (SSSR count). The maximum atomic E-state index is 6.21. The summed E-state index contributed by atoms with van der Waals surface area (Å²) in [7, 11) is 1.72. The van der Waals surface area contributed by atoms with Gasteiger partial charge in [-0.15, -0.1) is 0 Å². The second-order valence-electron chi connectivity index (χ2n) is 6.71. The molecule has 3 heterocycles. The first kappa shape index (κ1) is 14.8. The topological polar surface area (TPSA) is 39.0 Å². The van der Waals surface area contributed by atoms with Crippen molar-refractivity contribution in [2.45, 2.75) is 25.0 Å². The Morgan fingerprint density at radius 2 is 2.20 bits per heavy atom. The van der Waals surface area contributed by atoms with Crippen LogP contribution >= 0.6 is 0 Å². The van der Waals surface area contributed by atoms with Crippen molar-refractivity contribution in [3.63, 3.8) is 0 Å². The van der Waals surface area contributed by atoms with Crippen LogP contribution in [0.1, 0.15) is 23.7 Å². The third kappa shape index (κ3) is 2.30. The van der Waals surface area contributed by atoms with Crippen LogP contribution in [0.4, 0.5) is 5.82 Å². The van der Waals surface area contributed by atoms with E-state index in [4.69, 9.17) is 14.5 Å². The molecule has 5 heteroatoms. The number of hydrogen-bond donors (Lipinski definition) is 0. The molecule has 1 saturated heterocycles. The van der Waals surface area contributed by atoms with Gasteiger partial charge in [-0.3, -0.25) is 0 Å². The highest BCUT2D eigenvalue weighted by atomic mass is 16.5. The maximum absolute atomic E-state index is 6.21. The smallest absolute Gasteiger partial charge is 0.153 e. The molecule has 0 saturated carbocycles. The molecule has 1 fully saturated rings. The monoisotopic (exact) mass is 335 g/mol. The van der Waals surface area contributed by atoms with Crippen LogP contribution in [0.25, 0.3) is 5.52 Å². The van der Waals surface area contributed by atoms with Gasteiger partial charge < -0.3 is 18.8 Å². The van der Waals surface area contributed by atoms with Crippen molar-refractivity contribution >= 4 is 11.3 Å². The highest BCUT2D eigenvalue weighted by Crippen LogP contribution is 2.41. The van der Waals surface area contributed by atoms with E-state index in [0.717, 1.165) is 43.1 Å². The Bertz CT molecular complexity index is 920. The van der Waals surface area contributed by atoms with E-state index in [9.17, 15) is 0 Å². The molecular formula is C20H21N3O2. The fourth-order valence-corrected chi connectivity index (χ4v) is 4.27. The highest BCUT2D eigenvalue weighted by molar-refractivity contribution is 5.70. The highest BCUT2D eigenvalue weighted by Gasteiger charge is 2.38. The van der Waals surface area contributed by atoms with Gasteiger partial charge in [-0.05, 0) is 48.2 Å². The van der Waals surface area contributed by atoms with E-state index >= 15 is 0 Å². The van der Waals surface area contributed by atoms with E-state index in [1.165, 1.54) is 11.1 Å². The lowest BCUT2D eigenvalue weighted by Crippen LogP contribution is -2.49. The number of rotatable bonds is 2. The molecule has 128 valence electrons. The molecule has 2 aromatic heterocycles. The van der Waals surface area contributed by atoms with Gasteiger partial charge in [-0.25, -0.2) is 4.98 Å². The number of fused-ring (bicyclic) bond motifs is 4. The number of morpholine rings is 1. The summed E-state index contributed by atoms with van der Waals surface area (Å²) in [5.41, 5.74) is 3.80. The zero-order valence-electron chi connectivity index (χ0n) is 14.3. The Hall–Kier alpha value is -2.53. The van der Waals surface area contributed by atoms with Crippen LogP contribution < -0.4 is 9.64 Å². The first-order valence-electron chi connectivity index (χ1n) is 8.82. The largest absolute Gasteiger partial charge is 0.497 e. The third-order valence-corrected chi connectivity index (χ3v) is 5.45. The molecule has 1 aromatic carbocycles. The van der Waals surface area contributed by atoms with Gasteiger partial charge in [0.25, 0.3) is 0 Å². The Morgan fingerprint density at radius 1 is 1.24 bits per heavy atom. The van der Waals surface area contributed by atoms with Gasteiger partial charge in [0.2, 0.25) is 0 Å². The fourth-order valence-electron chi connectivity index (χ4n) is 4.27. The predicted octanol–water partition coefficient (Wildman–Crippen LogP) is 3.24. The number of nitrogens with zero attached hydrogens (tertiary/aromatic N) is 3. The minimum absolute atomic E-state index is 0.0976. The number of aryl methyl sites for hydroxylation is 1. The summed E-state index contributed by atoms with van der Waals surface area (Å²) in [6, 6.07) is 10.9. The minimum atomic E-state index is 0.0976. The Morgan fingerprint density at radius 3 is 3.12 bits per heavy atom. The molecule has 0 amide bonds. The van der Waals surface area contributed by atoms with Crippen molar-refractivity contribution < 1.29 is 9.47 Å². The van der Waals surface area contributed by atoms with Crippen molar-refractivity contribution in [1.29, 1.82) is 0 Å². The molecule has 5 nitrogen and oxygen atoms in total. The van der Waals surface area contributed by atoms with Crippen LogP contribution in [0, 0.1) is 0 Å². The second-order valence-corrected chi connectivity index (χ2v) is 6.71. The first-order chi connectivity index (χ1) is 12.3. The average molecular weight is 335 g/mol. The van der Waals surface area contributed by atoms with E-state index in [-0.39, 0.29) is 6.10 Å². The number of benzene rings is 1. The molecule has 0 N–H and O–H groups in total. The molecule has 25 heavy (non-hydrogen) atoms. The summed E-state index contributed by atoms with van der Waals surface area (Å²) < 4.78 is 13.7. The minimum Gasteiger partial charge on any atom is -0.497 e. The number of anilines is 1. The number of methoxy groups -OCH3 is 1. The van der Waals surface area contributed by atoms with E-state index in [1.54, 1.807) is 7.11 Å². The van der Waals surface area contributed by atoms with Crippen molar-refractivity contribution in [3.05, 3.63) is 60.0 Å². The van der Waals surface area contributed by atoms with Crippen LogP contribution in [0.15, 0.2) is 48.9 Å². The van der Waals surface area contributed by atoms with Gasteiger partial charge in [-0.2, -0.15) is 0 Å². The van der Waals surface area contributed by atoms with Crippen LogP contribution in [0.2, 0.25) is 0 Å². The SMILES string of the molecule is COc1ccc2c(c1)CCC1C2OCCN1c1nccn2cccc12. The number of aromatic nitrogens is 2. The second kappa shape index (κ2) is 5.77. The number of hydrogen-bond acceptors (Lipinski definition) is 4. The summed E-state index contributed by atoms with van der Waals surface area (Å²) in [6.07, 6.45) is 8.15. The van der Waals surface area contributed by atoms with Crippen LogP contribution in [-0.2, 0) is 11.2 Å². The summed E-state index contributed by atoms with van der Waals surface area (Å²) in [6.45, 7) is 1.60. The van der Waals surface area contributed by atoms with Crippen LogP contribution in [0.5, 0.6) is 5.75 Å². The lowest BCUT2D eigenvalue weighted by molar-refractivity contribution is 0.00246. The molecule has 2 unspecified atom stereocenters. The molecule has 3 aromatic rings. The first-order valence-corrected chi connectivity index (χ1v) is 8.82. The van der Waals surface area contributed by atoms with E-state index in [2.05, 4.69) is 39.8 Å². The maximum Gasteiger partial charge on any atom is 0.153 e. The zero-order valence-corrected chi connectivity index (χ0v) is 14.3. The molecule has 2 aliphatic rings. The Labute approximate surface area is 146 Å². The lowest BCUT2D eigenvalue weighted by atomic mass is 9.84. The quantitative estimate of drug-likeness (QED) is 0.721. The van der Waals surface area contributed by atoms with Crippen molar-refractivity contribution in [1.82, 2.24) is 9.38 Å². The van der Waals surface area contributed by atoms with E-state index in [1.807, 2.05) is 18.5 Å². The van der Waals surface area contributed by atoms with Gasteiger partial charge in [0.05, 0.1) is 25.3 Å². The summed E-state index contributed by atoms with van der Waals surface area (Å²) in [4.78, 5) is 7.15. The summed E-state index contributed by atoms with van der Waals surface area (Å²) in [5, 5.41) is 0. The van der Waals surface area contributed by atoms with Crippen LogP contribution in [0.3, 0.4) is 0 Å².